The van der Waals surface area contributed by atoms with Crippen LogP contribution in [0, 0.1) is 0 Å². The van der Waals surface area contributed by atoms with E-state index in [1.165, 1.54) is 0 Å². The van der Waals surface area contributed by atoms with Crippen LogP contribution in [0.4, 0.5) is 5.69 Å². The summed E-state index contributed by atoms with van der Waals surface area (Å²) >= 11 is 3.53. The largest absolute Gasteiger partial charge is 0.497 e. The Balaban J connectivity index is 2.25. The zero-order valence-electron chi connectivity index (χ0n) is 13.8. The van der Waals surface area contributed by atoms with E-state index in [0.29, 0.717) is 24.7 Å². The van der Waals surface area contributed by atoms with E-state index in [1.54, 1.807) is 19.4 Å². The first kappa shape index (κ1) is 18.1. The molecule has 0 aromatic heterocycles. The number of aliphatic imine (C=N–C) groups is 1. The Bertz CT molecular complexity index is 711. The van der Waals surface area contributed by atoms with Gasteiger partial charge in [-0.2, -0.15) is 0 Å². The maximum Gasteiger partial charge on any atom is 0.175 e. The molecule has 2 aromatic carbocycles. The van der Waals surface area contributed by atoms with Gasteiger partial charge >= 0.3 is 0 Å². The predicted octanol–water partition coefficient (Wildman–Crippen LogP) is 5.17. The standard InChI is InChI=1S/C19H20BrNO3/c1-4-10-24-19-17(20)11-14(12-18(19)23-5-2)13-21-15-6-8-16(22-3)9-7-15/h4,6-9,11-13H,1,5,10H2,2-3H3. The second kappa shape index (κ2) is 9.13. The van der Waals surface area contributed by atoms with Gasteiger partial charge in [0.25, 0.3) is 0 Å². The van der Waals surface area contributed by atoms with Crippen molar-refractivity contribution in [3.05, 3.63) is 59.1 Å². The second-order valence-corrected chi connectivity index (χ2v) is 5.67. The Hall–Kier alpha value is -2.27. The van der Waals surface area contributed by atoms with Gasteiger partial charge in [-0.05, 0) is 64.8 Å². The highest BCUT2D eigenvalue weighted by Crippen LogP contribution is 2.36. The van der Waals surface area contributed by atoms with Crippen LogP contribution in [0.3, 0.4) is 0 Å². The first-order valence-electron chi connectivity index (χ1n) is 7.56. The summed E-state index contributed by atoms with van der Waals surface area (Å²) in [6.45, 7) is 6.56. The van der Waals surface area contributed by atoms with Gasteiger partial charge in [-0.25, -0.2) is 0 Å². The fourth-order valence-corrected chi connectivity index (χ4v) is 2.60. The van der Waals surface area contributed by atoms with Crippen LogP contribution in [0.25, 0.3) is 0 Å². The lowest BCUT2D eigenvalue weighted by atomic mass is 10.2. The fourth-order valence-electron chi connectivity index (χ4n) is 2.03. The average molecular weight is 390 g/mol. The van der Waals surface area contributed by atoms with Crippen molar-refractivity contribution in [3.63, 3.8) is 0 Å². The van der Waals surface area contributed by atoms with E-state index in [2.05, 4.69) is 27.5 Å². The predicted molar refractivity (Wildman–Crippen MR) is 101 cm³/mol. The molecular formula is C19H20BrNO3. The highest BCUT2D eigenvalue weighted by molar-refractivity contribution is 9.10. The van der Waals surface area contributed by atoms with Gasteiger partial charge in [-0.1, -0.05) is 12.7 Å². The highest BCUT2D eigenvalue weighted by Gasteiger charge is 2.11. The molecule has 24 heavy (non-hydrogen) atoms. The first-order chi connectivity index (χ1) is 11.7. The quantitative estimate of drug-likeness (QED) is 0.461. The molecule has 0 amide bonds. The smallest absolute Gasteiger partial charge is 0.175 e. The lowest BCUT2D eigenvalue weighted by Gasteiger charge is -2.13. The SMILES string of the molecule is C=CCOc1c(Br)cc(C=Nc2ccc(OC)cc2)cc1OCC. The molecule has 0 N–H and O–H groups in total. The zero-order valence-corrected chi connectivity index (χ0v) is 15.4. The van der Waals surface area contributed by atoms with Crippen LogP contribution >= 0.6 is 15.9 Å². The van der Waals surface area contributed by atoms with Crippen LogP contribution < -0.4 is 14.2 Å². The Labute approximate surface area is 150 Å². The van der Waals surface area contributed by atoms with E-state index in [4.69, 9.17) is 14.2 Å². The molecule has 0 fully saturated rings. The summed E-state index contributed by atoms with van der Waals surface area (Å²) < 4.78 is 17.3. The molecule has 2 aromatic rings. The molecule has 0 aliphatic carbocycles. The van der Waals surface area contributed by atoms with Gasteiger partial charge in [0.2, 0.25) is 0 Å². The number of hydrogen-bond acceptors (Lipinski definition) is 4. The minimum absolute atomic E-state index is 0.415. The number of hydrogen-bond donors (Lipinski definition) is 0. The molecule has 2 rings (SSSR count). The van der Waals surface area contributed by atoms with Crippen molar-refractivity contribution >= 4 is 27.8 Å². The van der Waals surface area contributed by atoms with Gasteiger partial charge in [0.1, 0.15) is 12.4 Å². The Morgan fingerprint density at radius 2 is 1.92 bits per heavy atom. The molecular weight excluding hydrogens is 370 g/mol. The van der Waals surface area contributed by atoms with Gasteiger partial charge in [0, 0.05) is 6.21 Å². The van der Waals surface area contributed by atoms with Crippen LogP contribution in [0.5, 0.6) is 17.2 Å². The van der Waals surface area contributed by atoms with Crippen molar-refractivity contribution in [3.8, 4) is 17.2 Å². The minimum atomic E-state index is 0.415. The molecule has 126 valence electrons. The van der Waals surface area contributed by atoms with E-state index >= 15 is 0 Å². The summed E-state index contributed by atoms with van der Waals surface area (Å²) in [5.74, 6) is 2.14. The fraction of sp³-hybridized carbons (Fsp3) is 0.211. The topological polar surface area (TPSA) is 40.0 Å². The molecule has 4 nitrogen and oxygen atoms in total. The molecule has 0 saturated carbocycles. The van der Waals surface area contributed by atoms with Gasteiger partial charge in [0.15, 0.2) is 11.5 Å². The molecule has 0 radical (unpaired) electrons. The van der Waals surface area contributed by atoms with E-state index < -0.39 is 0 Å². The normalized spacial score (nSPS) is 10.6. The molecule has 0 saturated heterocycles. The molecule has 0 bridgehead atoms. The molecule has 0 heterocycles. The van der Waals surface area contributed by atoms with E-state index in [1.807, 2.05) is 43.3 Å². The third-order valence-corrected chi connectivity index (χ3v) is 3.70. The zero-order chi connectivity index (χ0) is 17.4. The van der Waals surface area contributed by atoms with E-state index in [9.17, 15) is 0 Å². The van der Waals surface area contributed by atoms with Crippen molar-refractivity contribution in [1.29, 1.82) is 0 Å². The summed E-state index contributed by atoms with van der Waals surface area (Å²) in [5, 5.41) is 0. The summed E-state index contributed by atoms with van der Waals surface area (Å²) in [6.07, 6.45) is 3.48. The van der Waals surface area contributed by atoms with Gasteiger partial charge in [-0.15, -0.1) is 0 Å². The Morgan fingerprint density at radius 1 is 1.17 bits per heavy atom. The summed E-state index contributed by atoms with van der Waals surface area (Å²) in [4.78, 5) is 4.47. The minimum Gasteiger partial charge on any atom is -0.497 e. The van der Waals surface area contributed by atoms with Crippen molar-refractivity contribution in [2.45, 2.75) is 6.92 Å². The summed E-state index contributed by atoms with van der Waals surface area (Å²) in [6, 6.07) is 11.4. The third-order valence-electron chi connectivity index (χ3n) is 3.11. The third kappa shape index (κ3) is 4.86. The molecule has 0 aliphatic heterocycles. The number of halogens is 1. The first-order valence-corrected chi connectivity index (χ1v) is 8.35. The Morgan fingerprint density at radius 3 is 2.54 bits per heavy atom. The van der Waals surface area contributed by atoms with Crippen LogP contribution in [-0.4, -0.2) is 26.5 Å². The van der Waals surface area contributed by atoms with E-state index in [-0.39, 0.29) is 0 Å². The van der Waals surface area contributed by atoms with Gasteiger partial charge in [-0.3, -0.25) is 4.99 Å². The maximum atomic E-state index is 5.67. The highest BCUT2D eigenvalue weighted by atomic mass is 79.9. The van der Waals surface area contributed by atoms with Crippen molar-refractivity contribution in [2.75, 3.05) is 20.3 Å². The molecule has 0 spiro atoms. The number of nitrogens with zero attached hydrogens (tertiary/aromatic N) is 1. The lowest BCUT2D eigenvalue weighted by Crippen LogP contribution is -2.00. The maximum absolute atomic E-state index is 5.67. The summed E-state index contributed by atoms with van der Waals surface area (Å²) in [5.41, 5.74) is 1.75. The van der Waals surface area contributed by atoms with Crippen LogP contribution in [-0.2, 0) is 0 Å². The van der Waals surface area contributed by atoms with Crippen LogP contribution in [0.15, 0.2) is 58.5 Å². The monoisotopic (exact) mass is 389 g/mol. The molecule has 5 heteroatoms. The van der Waals surface area contributed by atoms with Crippen molar-refractivity contribution < 1.29 is 14.2 Å². The molecule has 0 unspecified atom stereocenters. The Kier molecular flexibility index (Phi) is 6.88. The average Bonchev–Trinajstić information content (AvgIpc) is 2.60. The van der Waals surface area contributed by atoms with Crippen molar-refractivity contribution in [1.82, 2.24) is 0 Å². The molecule has 0 aliphatic rings. The van der Waals surface area contributed by atoms with Crippen LogP contribution in [0.2, 0.25) is 0 Å². The molecule has 0 atom stereocenters. The summed E-state index contributed by atoms with van der Waals surface area (Å²) in [7, 11) is 1.64. The number of methoxy groups -OCH3 is 1. The van der Waals surface area contributed by atoms with Crippen LogP contribution in [0.1, 0.15) is 12.5 Å². The second-order valence-electron chi connectivity index (χ2n) is 4.82. The number of rotatable bonds is 8. The van der Waals surface area contributed by atoms with Gasteiger partial charge in [0.05, 0.1) is 23.9 Å². The number of benzene rings is 2. The van der Waals surface area contributed by atoms with Gasteiger partial charge < -0.3 is 14.2 Å². The number of ether oxygens (including phenoxy) is 3. The van der Waals surface area contributed by atoms with E-state index in [0.717, 1.165) is 21.5 Å². The van der Waals surface area contributed by atoms with Crippen molar-refractivity contribution in [2.24, 2.45) is 4.99 Å². The lowest BCUT2D eigenvalue weighted by molar-refractivity contribution is 0.295.